The lowest BCUT2D eigenvalue weighted by atomic mass is 10.2. The van der Waals surface area contributed by atoms with Gasteiger partial charge in [-0.05, 0) is 37.1 Å². The molecule has 1 fully saturated rings. The number of guanidine groups is 1. The summed E-state index contributed by atoms with van der Waals surface area (Å²) in [6.45, 7) is 5.81. The number of aliphatic imine (C=N–C) groups is 1. The van der Waals surface area contributed by atoms with Crippen molar-refractivity contribution in [3.05, 3.63) is 48.3 Å². The van der Waals surface area contributed by atoms with E-state index in [1.807, 2.05) is 53.0 Å². The van der Waals surface area contributed by atoms with Crippen molar-refractivity contribution in [2.45, 2.75) is 32.9 Å². The van der Waals surface area contributed by atoms with Crippen LogP contribution in [0.4, 0.5) is 5.69 Å². The average Bonchev–Trinajstić information content (AvgIpc) is 3.32. The van der Waals surface area contributed by atoms with Crippen LogP contribution in [0.3, 0.4) is 0 Å². The lowest BCUT2D eigenvalue weighted by molar-refractivity contribution is -0.117. The summed E-state index contributed by atoms with van der Waals surface area (Å²) in [6, 6.07) is 10.0. The average molecular weight is 354 g/mol. The fraction of sp³-hybridized carbons (Fsp3) is 0.421. The van der Waals surface area contributed by atoms with Gasteiger partial charge in [-0.3, -0.25) is 9.48 Å². The third kappa shape index (κ3) is 4.84. The SMILES string of the molecule is CCNC(=NCc1ccc(N2CCCC2=O)cc1)NCCn1cccn1. The van der Waals surface area contributed by atoms with Crippen molar-refractivity contribution in [1.82, 2.24) is 20.4 Å². The van der Waals surface area contributed by atoms with Gasteiger partial charge in [-0.1, -0.05) is 12.1 Å². The van der Waals surface area contributed by atoms with Crippen LogP contribution in [0.15, 0.2) is 47.7 Å². The zero-order chi connectivity index (χ0) is 18.2. The molecule has 0 atom stereocenters. The molecule has 1 aliphatic rings. The summed E-state index contributed by atoms with van der Waals surface area (Å²) in [5, 5.41) is 10.8. The van der Waals surface area contributed by atoms with Crippen LogP contribution in [0, 0.1) is 0 Å². The molecular formula is C19H26N6O. The first kappa shape index (κ1) is 18.0. The predicted octanol–water partition coefficient (Wildman–Crippen LogP) is 1.77. The molecule has 0 bridgehead atoms. The Balaban J connectivity index is 1.53. The van der Waals surface area contributed by atoms with Gasteiger partial charge in [-0.15, -0.1) is 0 Å². The van der Waals surface area contributed by atoms with Crippen LogP contribution in [-0.2, 0) is 17.9 Å². The quantitative estimate of drug-likeness (QED) is 0.587. The van der Waals surface area contributed by atoms with Crippen LogP contribution in [0.2, 0.25) is 0 Å². The van der Waals surface area contributed by atoms with Crippen LogP contribution >= 0.6 is 0 Å². The van der Waals surface area contributed by atoms with Gasteiger partial charge < -0.3 is 15.5 Å². The Morgan fingerprint density at radius 3 is 2.77 bits per heavy atom. The zero-order valence-corrected chi connectivity index (χ0v) is 15.2. The number of carbonyl (C=O) groups excluding carboxylic acids is 1. The van der Waals surface area contributed by atoms with Gasteiger partial charge in [0, 0.05) is 44.1 Å². The second-order valence-corrected chi connectivity index (χ2v) is 6.21. The van der Waals surface area contributed by atoms with E-state index >= 15 is 0 Å². The number of anilines is 1. The maximum atomic E-state index is 11.8. The van der Waals surface area contributed by atoms with Crippen LogP contribution in [0.25, 0.3) is 0 Å². The minimum atomic E-state index is 0.214. The number of nitrogens with one attached hydrogen (secondary N) is 2. The van der Waals surface area contributed by atoms with Crippen molar-refractivity contribution in [1.29, 1.82) is 0 Å². The molecule has 1 aromatic carbocycles. The molecule has 7 heteroatoms. The molecule has 2 heterocycles. The fourth-order valence-corrected chi connectivity index (χ4v) is 2.94. The van der Waals surface area contributed by atoms with Gasteiger partial charge in [-0.2, -0.15) is 5.10 Å². The van der Waals surface area contributed by atoms with Crippen molar-refractivity contribution < 1.29 is 4.79 Å². The Kier molecular flexibility index (Phi) is 6.24. The number of carbonyl (C=O) groups is 1. The van der Waals surface area contributed by atoms with Crippen molar-refractivity contribution in [3.63, 3.8) is 0 Å². The van der Waals surface area contributed by atoms with Gasteiger partial charge in [0.2, 0.25) is 5.91 Å². The van der Waals surface area contributed by atoms with Crippen molar-refractivity contribution in [2.24, 2.45) is 4.99 Å². The Morgan fingerprint density at radius 2 is 2.12 bits per heavy atom. The van der Waals surface area contributed by atoms with Crippen molar-refractivity contribution >= 4 is 17.6 Å². The molecule has 7 nitrogen and oxygen atoms in total. The summed E-state index contributed by atoms with van der Waals surface area (Å²) in [4.78, 5) is 18.3. The predicted molar refractivity (Wildman–Crippen MR) is 103 cm³/mol. The van der Waals surface area contributed by atoms with E-state index in [9.17, 15) is 4.79 Å². The van der Waals surface area contributed by atoms with Crippen molar-refractivity contribution in [3.8, 4) is 0 Å². The first-order chi connectivity index (χ1) is 12.8. The highest BCUT2D eigenvalue weighted by Crippen LogP contribution is 2.21. The van der Waals surface area contributed by atoms with E-state index in [2.05, 4.69) is 20.7 Å². The minimum absolute atomic E-state index is 0.214. The third-order valence-electron chi connectivity index (χ3n) is 4.28. The van der Waals surface area contributed by atoms with Crippen LogP contribution in [0.5, 0.6) is 0 Å². The summed E-state index contributed by atoms with van der Waals surface area (Å²) in [7, 11) is 0. The molecule has 0 spiro atoms. The Bertz CT molecular complexity index is 723. The molecular weight excluding hydrogens is 328 g/mol. The van der Waals surface area contributed by atoms with Gasteiger partial charge in [0.25, 0.3) is 0 Å². The zero-order valence-electron chi connectivity index (χ0n) is 15.2. The molecule has 1 amide bonds. The normalized spacial score (nSPS) is 14.7. The molecule has 2 aromatic rings. The lowest BCUT2D eigenvalue weighted by Gasteiger charge is -2.16. The molecule has 3 rings (SSSR count). The summed E-state index contributed by atoms with van der Waals surface area (Å²) in [6.07, 6.45) is 5.32. The first-order valence-electron chi connectivity index (χ1n) is 9.15. The number of hydrogen-bond acceptors (Lipinski definition) is 3. The first-order valence-corrected chi connectivity index (χ1v) is 9.15. The molecule has 0 aliphatic carbocycles. The molecule has 26 heavy (non-hydrogen) atoms. The highest BCUT2D eigenvalue weighted by atomic mass is 16.2. The fourth-order valence-electron chi connectivity index (χ4n) is 2.94. The summed E-state index contributed by atoms with van der Waals surface area (Å²) >= 11 is 0. The number of nitrogens with zero attached hydrogens (tertiary/aromatic N) is 4. The highest BCUT2D eigenvalue weighted by Gasteiger charge is 2.21. The molecule has 0 radical (unpaired) electrons. The van der Waals surface area contributed by atoms with E-state index < -0.39 is 0 Å². The smallest absolute Gasteiger partial charge is 0.227 e. The summed E-state index contributed by atoms with van der Waals surface area (Å²) in [5.41, 5.74) is 2.09. The highest BCUT2D eigenvalue weighted by molar-refractivity contribution is 5.95. The molecule has 1 aromatic heterocycles. The van der Waals surface area contributed by atoms with Crippen LogP contribution in [0.1, 0.15) is 25.3 Å². The molecule has 1 saturated heterocycles. The van der Waals surface area contributed by atoms with Crippen LogP contribution in [-0.4, -0.2) is 41.3 Å². The number of benzene rings is 1. The maximum absolute atomic E-state index is 11.8. The Hall–Kier alpha value is -2.83. The standard InChI is InChI=1S/C19H26N6O/c1-2-20-19(21-11-14-24-12-4-10-23-24)22-15-16-6-8-17(9-7-16)25-13-3-5-18(25)26/h4,6-10,12H,2-3,5,11,13-15H2,1H3,(H2,20,21,22). The topological polar surface area (TPSA) is 74.6 Å². The summed E-state index contributed by atoms with van der Waals surface area (Å²) < 4.78 is 1.88. The van der Waals surface area contributed by atoms with Crippen molar-refractivity contribution in [2.75, 3.05) is 24.5 Å². The second-order valence-electron chi connectivity index (χ2n) is 6.21. The molecule has 2 N–H and O–H groups in total. The minimum Gasteiger partial charge on any atom is -0.357 e. The number of rotatable bonds is 7. The number of hydrogen-bond donors (Lipinski definition) is 2. The van der Waals surface area contributed by atoms with Gasteiger partial charge in [0.05, 0.1) is 13.1 Å². The molecule has 0 unspecified atom stereocenters. The van der Waals surface area contributed by atoms with E-state index in [1.54, 1.807) is 6.20 Å². The third-order valence-corrected chi connectivity index (χ3v) is 4.28. The second kappa shape index (κ2) is 9.03. The lowest BCUT2D eigenvalue weighted by Crippen LogP contribution is -2.38. The molecule has 0 saturated carbocycles. The van der Waals surface area contributed by atoms with E-state index in [1.165, 1.54) is 0 Å². The summed E-state index contributed by atoms with van der Waals surface area (Å²) in [5.74, 6) is 1.00. The Labute approximate surface area is 154 Å². The van der Waals surface area contributed by atoms with E-state index in [4.69, 9.17) is 0 Å². The van der Waals surface area contributed by atoms with Crippen LogP contribution < -0.4 is 15.5 Å². The number of amides is 1. The number of aromatic nitrogens is 2. The Morgan fingerprint density at radius 1 is 1.27 bits per heavy atom. The largest absolute Gasteiger partial charge is 0.357 e. The van der Waals surface area contributed by atoms with E-state index in [0.717, 1.165) is 49.8 Å². The maximum Gasteiger partial charge on any atom is 0.227 e. The van der Waals surface area contributed by atoms with Gasteiger partial charge in [0.1, 0.15) is 0 Å². The van der Waals surface area contributed by atoms with Gasteiger partial charge in [-0.25, -0.2) is 4.99 Å². The molecule has 1 aliphatic heterocycles. The van der Waals surface area contributed by atoms with Gasteiger partial charge >= 0.3 is 0 Å². The van der Waals surface area contributed by atoms with E-state index in [-0.39, 0.29) is 5.91 Å². The molecule has 138 valence electrons. The van der Waals surface area contributed by atoms with Gasteiger partial charge in [0.15, 0.2) is 5.96 Å². The van der Waals surface area contributed by atoms with E-state index in [0.29, 0.717) is 13.0 Å². The monoisotopic (exact) mass is 354 g/mol.